The Morgan fingerprint density at radius 1 is 1.13 bits per heavy atom. The molecule has 5 rings (SSSR count). The van der Waals surface area contributed by atoms with Crippen LogP contribution in [0.2, 0.25) is 0 Å². The number of imidazole rings is 1. The fourth-order valence-electron chi connectivity index (χ4n) is 5.94. The van der Waals surface area contributed by atoms with Gasteiger partial charge in [0, 0.05) is 18.0 Å². The number of benzene rings is 2. The number of aliphatic hydroxyl groups is 1. The highest BCUT2D eigenvalue weighted by Gasteiger charge is 2.33. The molecule has 0 unspecified atom stereocenters. The Hall–Kier alpha value is -3.53. The molecule has 2 aromatic carbocycles. The van der Waals surface area contributed by atoms with Crippen LogP contribution in [0.1, 0.15) is 60.2 Å². The highest BCUT2D eigenvalue weighted by Crippen LogP contribution is 2.40. The Balaban J connectivity index is 1.59. The molecule has 1 aliphatic carbocycles. The van der Waals surface area contributed by atoms with Crippen LogP contribution in [0, 0.1) is 17.6 Å². The van der Waals surface area contributed by atoms with Crippen LogP contribution in [-0.4, -0.2) is 57.0 Å². The molecule has 1 fully saturated rings. The number of carboxylic acids is 1. The van der Waals surface area contributed by atoms with E-state index < -0.39 is 29.7 Å². The fourth-order valence-corrected chi connectivity index (χ4v) is 5.94. The van der Waals surface area contributed by atoms with Gasteiger partial charge >= 0.3 is 12.1 Å². The van der Waals surface area contributed by atoms with Crippen LogP contribution in [0.5, 0.6) is 0 Å². The standard InChI is InChI=1S/C28H31F2N3O5/c1-38-28(37)32-11-10-17-7-9-24-25(21(17)14-32)31-26(18-3-5-19(6-4-18)27(35)36)33(24)20(15-34)12-16-2-8-22(29)23(30)13-16/h2,7-9,13,18-20,34H,3-6,10-12,14-15H2,1H3,(H,35,36)/t18-,19-,20-/m0/s1. The summed E-state index contributed by atoms with van der Waals surface area (Å²) in [5.74, 6) is -2.33. The number of fused-ring (bicyclic) bond motifs is 3. The number of nitrogens with zero attached hydrogens (tertiary/aromatic N) is 3. The quantitative estimate of drug-likeness (QED) is 0.487. The van der Waals surface area contributed by atoms with Crippen LogP contribution < -0.4 is 0 Å². The van der Waals surface area contributed by atoms with Crippen LogP contribution in [0.25, 0.3) is 11.0 Å². The predicted molar refractivity (Wildman–Crippen MR) is 135 cm³/mol. The molecule has 2 N–H and O–H groups in total. The average molecular weight is 528 g/mol. The molecule has 1 saturated carbocycles. The highest BCUT2D eigenvalue weighted by atomic mass is 19.2. The van der Waals surface area contributed by atoms with Crippen molar-refractivity contribution in [1.82, 2.24) is 14.5 Å². The number of ether oxygens (including phenoxy) is 1. The third-order valence-corrected chi connectivity index (χ3v) is 8.00. The SMILES string of the molecule is COC(=O)N1CCc2ccc3c(nc([C@H]4CC[C@H](C(=O)O)CC4)n3[C@H](CO)Cc3ccc(F)c(F)c3)c2C1. The number of hydrogen-bond acceptors (Lipinski definition) is 5. The predicted octanol–water partition coefficient (Wildman–Crippen LogP) is 4.57. The van der Waals surface area contributed by atoms with Gasteiger partial charge in [-0.25, -0.2) is 18.6 Å². The Morgan fingerprint density at radius 2 is 1.89 bits per heavy atom. The van der Waals surface area contributed by atoms with E-state index in [1.165, 1.54) is 13.2 Å². The molecule has 1 aromatic heterocycles. The molecule has 0 saturated heterocycles. The van der Waals surface area contributed by atoms with Crippen molar-refractivity contribution < 1.29 is 33.3 Å². The summed E-state index contributed by atoms with van der Waals surface area (Å²) in [5.41, 5.74) is 4.07. The maximum Gasteiger partial charge on any atom is 0.409 e. The van der Waals surface area contributed by atoms with Crippen molar-refractivity contribution in [2.24, 2.45) is 5.92 Å². The molecule has 8 nitrogen and oxygen atoms in total. The van der Waals surface area contributed by atoms with Gasteiger partial charge in [-0.3, -0.25) is 4.79 Å². The Morgan fingerprint density at radius 3 is 2.55 bits per heavy atom. The van der Waals surface area contributed by atoms with E-state index in [0.29, 0.717) is 50.8 Å². The van der Waals surface area contributed by atoms with Crippen LogP contribution >= 0.6 is 0 Å². The lowest BCUT2D eigenvalue weighted by Gasteiger charge is -2.29. The van der Waals surface area contributed by atoms with E-state index >= 15 is 0 Å². The average Bonchev–Trinajstić information content (AvgIpc) is 3.33. The van der Waals surface area contributed by atoms with E-state index in [4.69, 9.17) is 9.72 Å². The Labute approximate surface area is 218 Å². The number of methoxy groups -OCH3 is 1. The zero-order valence-electron chi connectivity index (χ0n) is 21.2. The van der Waals surface area contributed by atoms with Gasteiger partial charge in [-0.05, 0) is 67.9 Å². The van der Waals surface area contributed by atoms with E-state index in [1.807, 2.05) is 16.7 Å². The normalized spacial score (nSPS) is 20.3. The molecule has 1 aliphatic heterocycles. The van der Waals surface area contributed by atoms with Crippen molar-refractivity contribution >= 4 is 23.1 Å². The van der Waals surface area contributed by atoms with Gasteiger partial charge in [0.1, 0.15) is 5.82 Å². The van der Waals surface area contributed by atoms with Gasteiger partial charge < -0.3 is 24.4 Å². The van der Waals surface area contributed by atoms with E-state index in [1.54, 1.807) is 4.90 Å². The maximum atomic E-state index is 14.0. The lowest BCUT2D eigenvalue weighted by atomic mass is 9.81. The van der Waals surface area contributed by atoms with Crippen molar-refractivity contribution in [3.05, 3.63) is 64.5 Å². The maximum absolute atomic E-state index is 14.0. The van der Waals surface area contributed by atoms with Crippen LogP contribution in [0.15, 0.2) is 30.3 Å². The zero-order chi connectivity index (χ0) is 27.0. The summed E-state index contributed by atoms with van der Waals surface area (Å²) < 4.78 is 34.4. The second kappa shape index (κ2) is 10.7. The molecule has 2 heterocycles. The van der Waals surface area contributed by atoms with E-state index in [9.17, 15) is 28.6 Å². The summed E-state index contributed by atoms with van der Waals surface area (Å²) >= 11 is 0. The first kappa shape index (κ1) is 26.1. The van der Waals surface area contributed by atoms with Crippen molar-refractivity contribution in [2.75, 3.05) is 20.3 Å². The molecular formula is C28H31F2N3O5. The van der Waals surface area contributed by atoms with Gasteiger partial charge in [-0.15, -0.1) is 0 Å². The molecule has 0 bridgehead atoms. The van der Waals surface area contributed by atoms with E-state index in [2.05, 4.69) is 0 Å². The molecule has 2 aliphatic rings. The second-order valence-electron chi connectivity index (χ2n) is 10.2. The number of halogens is 2. The molecular weight excluding hydrogens is 496 g/mol. The number of amides is 1. The molecule has 10 heteroatoms. The minimum atomic E-state index is -0.945. The van der Waals surface area contributed by atoms with Gasteiger partial charge in [-0.1, -0.05) is 12.1 Å². The van der Waals surface area contributed by atoms with Crippen molar-refractivity contribution in [3.8, 4) is 0 Å². The third kappa shape index (κ3) is 4.84. The monoisotopic (exact) mass is 527 g/mol. The topological polar surface area (TPSA) is 105 Å². The number of hydrogen-bond donors (Lipinski definition) is 2. The minimum absolute atomic E-state index is 0.0204. The van der Waals surface area contributed by atoms with Crippen LogP contribution in [0.3, 0.4) is 0 Å². The number of aliphatic hydroxyl groups excluding tert-OH is 1. The molecule has 1 amide bonds. The molecule has 202 valence electrons. The van der Waals surface area contributed by atoms with Crippen molar-refractivity contribution in [1.29, 1.82) is 0 Å². The van der Waals surface area contributed by atoms with Gasteiger partial charge in [0.15, 0.2) is 11.6 Å². The first-order valence-electron chi connectivity index (χ1n) is 12.9. The van der Waals surface area contributed by atoms with Gasteiger partial charge in [-0.2, -0.15) is 0 Å². The number of aromatic nitrogens is 2. The zero-order valence-corrected chi connectivity index (χ0v) is 21.2. The molecule has 0 radical (unpaired) electrons. The summed E-state index contributed by atoms with van der Waals surface area (Å²) in [7, 11) is 1.35. The van der Waals surface area contributed by atoms with E-state index in [-0.39, 0.29) is 24.9 Å². The van der Waals surface area contributed by atoms with Gasteiger partial charge in [0.25, 0.3) is 0 Å². The number of carbonyl (C=O) groups excluding carboxylic acids is 1. The number of carboxylic acid groups (broad SMARTS) is 1. The second-order valence-corrected chi connectivity index (χ2v) is 10.2. The largest absolute Gasteiger partial charge is 0.481 e. The lowest BCUT2D eigenvalue weighted by molar-refractivity contribution is -0.142. The molecule has 1 atom stereocenters. The summed E-state index contributed by atoms with van der Waals surface area (Å²) in [6.45, 7) is 0.620. The Kier molecular flexibility index (Phi) is 7.34. The first-order chi connectivity index (χ1) is 18.3. The Bertz CT molecular complexity index is 1370. The summed E-state index contributed by atoms with van der Waals surface area (Å²) in [6.07, 6.45) is 2.84. The van der Waals surface area contributed by atoms with Crippen LogP contribution in [0.4, 0.5) is 13.6 Å². The number of carbonyl (C=O) groups is 2. The molecule has 3 aromatic rings. The van der Waals surface area contributed by atoms with Crippen LogP contribution in [-0.2, 0) is 28.9 Å². The summed E-state index contributed by atoms with van der Waals surface area (Å²) in [4.78, 5) is 30.5. The minimum Gasteiger partial charge on any atom is -0.481 e. The first-order valence-corrected chi connectivity index (χ1v) is 12.9. The fraction of sp³-hybridized carbons (Fsp3) is 0.464. The smallest absolute Gasteiger partial charge is 0.409 e. The summed E-state index contributed by atoms with van der Waals surface area (Å²) in [6, 6.07) is 7.21. The van der Waals surface area contributed by atoms with Crippen molar-refractivity contribution in [3.63, 3.8) is 0 Å². The van der Waals surface area contributed by atoms with Crippen molar-refractivity contribution in [2.45, 2.75) is 57.0 Å². The highest BCUT2D eigenvalue weighted by molar-refractivity contribution is 5.82. The summed E-state index contributed by atoms with van der Waals surface area (Å²) in [5, 5.41) is 20.0. The molecule has 0 spiro atoms. The number of rotatable bonds is 6. The third-order valence-electron chi connectivity index (χ3n) is 8.00. The molecule has 38 heavy (non-hydrogen) atoms. The van der Waals surface area contributed by atoms with Gasteiger partial charge in [0.05, 0.1) is 43.3 Å². The number of aliphatic carboxylic acids is 1. The lowest BCUT2D eigenvalue weighted by Crippen LogP contribution is -2.35. The van der Waals surface area contributed by atoms with Gasteiger partial charge in [0.2, 0.25) is 0 Å². The van der Waals surface area contributed by atoms with E-state index in [0.717, 1.165) is 40.1 Å².